The molecule has 0 aliphatic carbocycles. The molecule has 1 atom stereocenters. The van der Waals surface area contributed by atoms with Crippen molar-refractivity contribution in [1.82, 2.24) is 15.5 Å². The first kappa shape index (κ1) is 24.1. The van der Waals surface area contributed by atoms with Gasteiger partial charge in [-0.15, -0.1) is 0 Å². The molecule has 1 fully saturated rings. The van der Waals surface area contributed by atoms with Crippen molar-refractivity contribution < 1.29 is 27.5 Å². The number of amides is 2. The number of alkyl halides is 3. The zero-order valence-corrected chi connectivity index (χ0v) is 19.8. The number of piperazine rings is 1. The maximum absolute atomic E-state index is 13.7. The largest absolute Gasteiger partial charge is 0.457 e. The van der Waals surface area contributed by atoms with E-state index in [2.05, 4.69) is 15.6 Å². The van der Waals surface area contributed by atoms with E-state index in [0.29, 0.717) is 48.8 Å². The Kier molecular flexibility index (Phi) is 6.07. The molecular formula is C26H25F3N4O3. The molecule has 0 saturated carbocycles. The maximum Gasteiger partial charge on any atom is 0.435 e. The first-order valence-electron chi connectivity index (χ1n) is 11.7. The summed E-state index contributed by atoms with van der Waals surface area (Å²) in [4.78, 5) is 31.0. The number of hydrogen-bond donors (Lipinski definition) is 2. The van der Waals surface area contributed by atoms with Crippen LogP contribution in [-0.2, 0) is 9.59 Å². The van der Waals surface area contributed by atoms with Crippen molar-refractivity contribution in [2.75, 3.05) is 26.2 Å². The van der Waals surface area contributed by atoms with Crippen LogP contribution in [0.15, 0.2) is 53.2 Å². The molecule has 10 heteroatoms. The first-order chi connectivity index (χ1) is 17.1. The van der Waals surface area contributed by atoms with Gasteiger partial charge in [0.1, 0.15) is 17.4 Å². The molecule has 1 unspecified atom stereocenters. The van der Waals surface area contributed by atoms with Crippen molar-refractivity contribution in [2.45, 2.75) is 26.1 Å². The zero-order chi connectivity index (χ0) is 25.6. The molecule has 3 heterocycles. The van der Waals surface area contributed by atoms with E-state index in [-0.39, 0.29) is 5.70 Å². The third-order valence-electron chi connectivity index (χ3n) is 6.53. The average molecular weight is 499 g/mol. The summed E-state index contributed by atoms with van der Waals surface area (Å²) in [5.41, 5.74) is 1.83. The van der Waals surface area contributed by atoms with Gasteiger partial charge in [0, 0.05) is 37.3 Å². The fourth-order valence-corrected chi connectivity index (χ4v) is 4.71. The lowest BCUT2D eigenvalue weighted by Crippen LogP contribution is -2.49. The number of rotatable bonds is 3. The summed E-state index contributed by atoms with van der Waals surface area (Å²) in [6.45, 7) is 5.43. The fourth-order valence-electron chi connectivity index (χ4n) is 4.71. The minimum Gasteiger partial charge on any atom is -0.457 e. The van der Waals surface area contributed by atoms with Crippen LogP contribution < -0.4 is 15.4 Å². The molecule has 2 N–H and O–H groups in total. The molecule has 5 rings (SSSR count). The molecule has 0 bridgehead atoms. The predicted molar refractivity (Wildman–Crippen MR) is 127 cm³/mol. The van der Waals surface area contributed by atoms with Gasteiger partial charge in [-0.3, -0.25) is 9.59 Å². The quantitative estimate of drug-likeness (QED) is 0.633. The number of hydrogen-bond acceptors (Lipinski definition) is 5. The van der Waals surface area contributed by atoms with Gasteiger partial charge in [0.15, 0.2) is 5.71 Å². The van der Waals surface area contributed by atoms with Crippen LogP contribution in [0.25, 0.3) is 0 Å². The van der Waals surface area contributed by atoms with Crippen LogP contribution in [0.3, 0.4) is 0 Å². The third kappa shape index (κ3) is 4.48. The summed E-state index contributed by atoms with van der Waals surface area (Å²) in [5, 5.41) is 5.96. The second-order valence-corrected chi connectivity index (χ2v) is 9.19. The molecule has 0 radical (unpaired) electrons. The highest BCUT2D eigenvalue weighted by molar-refractivity contribution is 6.17. The van der Waals surface area contributed by atoms with Crippen molar-refractivity contribution in [2.24, 2.45) is 10.9 Å². The van der Waals surface area contributed by atoms with Crippen LogP contribution in [0.2, 0.25) is 0 Å². The van der Waals surface area contributed by atoms with E-state index in [0.717, 1.165) is 17.2 Å². The number of dihydropyridines is 1. The van der Waals surface area contributed by atoms with Crippen LogP contribution in [-0.4, -0.2) is 54.8 Å². The summed E-state index contributed by atoms with van der Waals surface area (Å²) in [5.74, 6) is -2.20. The molecule has 3 aliphatic heterocycles. The summed E-state index contributed by atoms with van der Waals surface area (Å²) in [6, 6.07) is 10.5. The van der Waals surface area contributed by atoms with E-state index in [1.807, 2.05) is 50.2 Å². The topological polar surface area (TPSA) is 83.0 Å². The van der Waals surface area contributed by atoms with E-state index in [4.69, 9.17) is 4.74 Å². The number of ether oxygens (including phenoxy) is 1. The van der Waals surface area contributed by atoms with Crippen LogP contribution >= 0.6 is 0 Å². The van der Waals surface area contributed by atoms with Crippen molar-refractivity contribution in [3.05, 3.63) is 70.4 Å². The number of nitrogens with one attached hydrogen (secondary N) is 2. The number of allylic oxidation sites excluding steroid dienone is 1. The van der Waals surface area contributed by atoms with Gasteiger partial charge in [-0.2, -0.15) is 13.2 Å². The zero-order valence-electron chi connectivity index (χ0n) is 19.8. The number of carbonyl (C=O) groups excluding carboxylic acids is 2. The van der Waals surface area contributed by atoms with Crippen LogP contribution in [0, 0.1) is 19.8 Å². The lowest BCUT2D eigenvalue weighted by molar-refractivity contribution is -0.132. The van der Waals surface area contributed by atoms with Gasteiger partial charge in [0.25, 0.3) is 5.91 Å². The number of nitrogens with zero attached hydrogens (tertiary/aromatic N) is 2. The number of aryl methyl sites for hydroxylation is 2. The van der Waals surface area contributed by atoms with Gasteiger partial charge in [-0.25, -0.2) is 4.99 Å². The van der Waals surface area contributed by atoms with Crippen molar-refractivity contribution in [3.8, 4) is 11.5 Å². The highest BCUT2D eigenvalue weighted by Crippen LogP contribution is 2.44. The number of carbonyl (C=O) groups is 2. The Morgan fingerprint density at radius 2 is 1.64 bits per heavy atom. The van der Waals surface area contributed by atoms with Crippen LogP contribution in [0.4, 0.5) is 13.2 Å². The van der Waals surface area contributed by atoms with Gasteiger partial charge >= 0.3 is 6.18 Å². The second kappa shape index (κ2) is 9.09. The molecule has 1 saturated heterocycles. The van der Waals surface area contributed by atoms with E-state index in [1.54, 1.807) is 0 Å². The van der Waals surface area contributed by atoms with E-state index < -0.39 is 35.7 Å². The van der Waals surface area contributed by atoms with E-state index >= 15 is 0 Å². The summed E-state index contributed by atoms with van der Waals surface area (Å²) < 4.78 is 47.3. The Balaban J connectivity index is 1.50. The van der Waals surface area contributed by atoms with Crippen molar-refractivity contribution in [1.29, 1.82) is 0 Å². The molecule has 0 aromatic heterocycles. The number of fused-ring (bicyclic) bond motifs is 2. The Bertz CT molecular complexity index is 1240. The maximum atomic E-state index is 13.7. The van der Waals surface area contributed by atoms with Crippen LogP contribution in [0.1, 0.15) is 28.3 Å². The highest BCUT2D eigenvalue weighted by atomic mass is 19.4. The average Bonchev–Trinajstić information content (AvgIpc) is 2.83. The smallest absolute Gasteiger partial charge is 0.435 e. The molecular weight excluding hydrogens is 473 g/mol. The fraction of sp³-hybridized carbons (Fsp3) is 0.346. The lowest BCUT2D eigenvalue weighted by atomic mass is 9.91. The third-order valence-corrected chi connectivity index (χ3v) is 6.53. The van der Waals surface area contributed by atoms with E-state index in [1.165, 1.54) is 4.90 Å². The van der Waals surface area contributed by atoms with Gasteiger partial charge in [-0.1, -0.05) is 24.3 Å². The van der Waals surface area contributed by atoms with Gasteiger partial charge in [-0.05, 0) is 43.2 Å². The van der Waals surface area contributed by atoms with Crippen LogP contribution in [0.5, 0.6) is 11.5 Å². The number of halogens is 3. The molecule has 0 spiro atoms. The monoisotopic (exact) mass is 498 g/mol. The molecule has 2 amide bonds. The van der Waals surface area contributed by atoms with Crippen molar-refractivity contribution in [3.63, 3.8) is 0 Å². The molecule has 7 nitrogen and oxygen atoms in total. The normalized spacial score (nSPS) is 20.1. The minimum atomic E-state index is -4.82. The Morgan fingerprint density at radius 3 is 2.19 bits per heavy atom. The molecule has 2 aromatic carbocycles. The summed E-state index contributed by atoms with van der Waals surface area (Å²) in [7, 11) is 0. The first-order valence-corrected chi connectivity index (χ1v) is 11.7. The molecule has 36 heavy (non-hydrogen) atoms. The number of aliphatic imine (C=N–C) groups is 1. The Labute approximate surface area is 206 Å². The van der Waals surface area contributed by atoms with Crippen molar-refractivity contribution >= 4 is 17.5 Å². The Morgan fingerprint density at radius 1 is 1.06 bits per heavy atom. The second-order valence-electron chi connectivity index (χ2n) is 9.19. The summed E-state index contributed by atoms with van der Waals surface area (Å²) in [6.07, 6.45) is -3.72. The Hall–Kier alpha value is -3.66. The lowest BCUT2D eigenvalue weighted by Gasteiger charge is -2.35. The van der Waals surface area contributed by atoms with Gasteiger partial charge in [0.05, 0.1) is 11.7 Å². The SMILES string of the molecule is Cc1ccc2c(c1)Oc1cc(C)ccc1C2NC(=O)C1C=C(N2CCNCC2)C(C(F)(F)F)=NC1=O. The molecule has 188 valence electrons. The summed E-state index contributed by atoms with van der Waals surface area (Å²) >= 11 is 0. The number of benzene rings is 2. The molecule has 2 aromatic rings. The highest BCUT2D eigenvalue weighted by Gasteiger charge is 2.45. The standard InChI is InChI=1S/C26H25F3N4O3/c1-14-3-5-16-20(11-14)36-21-12-15(2)4-6-17(21)22(16)31-24(34)18-13-19(33-9-7-30-8-10-33)23(26(27,28)29)32-25(18)35/h3-6,11-13,18,22,30H,7-10H2,1-2H3,(H,31,34). The van der Waals surface area contributed by atoms with E-state index in [9.17, 15) is 22.8 Å². The predicted octanol–water partition coefficient (Wildman–Crippen LogP) is 3.56. The minimum absolute atomic E-state index is 0.234. The van der Waals surface area contributed by atoms with Gasteiger partial charge < -0.3 is 20.3 Å². The molecule has 3 aliphatic rings. The van der Waals surface area contributed by atoms with Gasteiger partial charge in [0.2, 0.25) is 5.91 Å².